The molecule has 0 bridgehead atoms. The van der Waals surface area contributed by atoms with Crippen molar-refractivity contribution >= 4 is 40.7 Å². The van der Waals surface area contributed by atoms with Crippen LogP contribution in [0.3, 0.4) is 0 Å². The molecule has 7 nitrogen and oxygen atoms in total. The van der Waals surface area contributed by atoms with E-state index in [0.29, 0.717) is 27.4 Å². The summed E-state index contributed by atoms with van der Waals surface area (Å²) in [4.78, 5) is 23.7. The van der Waals surface area contributed by atoms with Gasteiger partial charge in [0, 0.05) is 18.7 Å². The number of hydrogen-bond acceptors (Lipinski definition) is 6. The van der Waals surface area contributed by atoms with Crippen LogP contribution in [0.25, 0.3) is 0 Å². The van der Waals surface area contributed by atoms with Gasteiger partial charge in [-0.1, -0.05) is 35.5 Å². The van der Waals surface area contributed by atoms with E-state index in [4.69, 9.17) is 16.3 Å². The minimum absolute atomic E-state index is 0.00657. The van der Waals surface area contributed by atoms with Gasteiger partial charge in [0.1, 0.15) is 18.2 Å². The Morgan fingerprint density at radius 2 is 2.03 bits per heavy atom. The van der Waals surface area contributed by atoms with Crippen molar-refractivity contribution in [3.05, 3.63) is 64.7 Å². The van der Waals surface area contributed by atoms with Gasteiger partial charge >= 0.3 is 0 Å². The van der Waals surface area contributed by atoms with Gasteiger partial charge < -0.3 is 10.1 Å². The Labute approximate surface area is 193 Å². The lowest BCUT2D eigenvalue weighted by atomic mass is 10.1. The number of anilines is 1. The van der Waals surface area contributed by atoms with Crippen LogP contribution in [0.2, 0.25) is 5.02 Å². The van der Waals surface area contributed by atoms with Gasteiger partial charge in [0.2, 0.25) is 5.91 Å². The number of ketones is 1. The Morgan fingerprint density at radius 3 is 2.72 bits per heavy atom. The van der Waals surface area contributed by atoms with Gasteiger partial charge in [-0.25, -0.2) is 4.39 Å². The van der Waals surface area contributed by atoms with Crippen molar-refractivity contribution in [1.29, 1.82) is 0 Å². The van der Waals surface area contributed by atoms with E-state index in [1.54, 1.807) is 12.1 Å². The number of amides is 1. The van der Waals surface area contributed by atoms with E-state index in [-0.39, 0.29) is 35.7 Å². The Kier molecular flexibility index (Phi) is 6.76. The van der Waals surface area contributed by atoms with Crippen molar-refractivity contribution < 1.29 is 18.7 Å². The fourth-order valence-corrected chi connectivity index (χ4v) is 4.24. The molecule has 1 N–H and O–H groups in total. The Morgan fingerprint density at radius 1 is 1.25 bits per heavy atom. The minimum Gasteiger partial charge on any atom is -0.484 e. The number of Topliss-reactive ketones (excluding diaryl/α,β-unsaturated/α-hetero) is 1. The number of carbonyl (C=O) groups excluding carboxylic acids is 2. The number of benzene rings is 2. The predicted molar refractivity (Wildman–Crippen MR) is 120 cm³/mol. The molecule has 1 aliphatic rings. The molecule has 0 unspecified atom stereocenters. The van der Waals surface area contributed by atoms with Crippen LogP contribution < -0.4 is 10.1 Å². The fourth-order valence-electron chi connectivity index (χ4n) is 3.14. The number of nitrogens with zero attached hydrogens (tertiary/aromatic N) is 3. The fraction of sp³-hybridized carbons (Fsp3) is 0.273. The maximum absolute atomic E-state index is 14.4. The summed E-state index contributed by atoms with van der Waals surface area (Å²) in [6.07, 6.45) is 2.00. The molecule has 1 aromatic heterocycles. The van der Waals surface area contributed by atoms with Gasteiger partial charge in [-0.3, -0.25) is 14.2 Å². The molecule has 0 aliphatic heterocycles. The van der Waals surface area contributed by atoms with Gasteiger partial charge in [-0.2, -0.15) is 0 Å². The van der Waals surface area contributed by atoms with E-state index in [0.717, 1.165) is 18.9 Å². The molecule has 0 radical (unpaired) electrons. The summed E-state index contributed by atoms with van der Waals surface area (Å²) in [5.41, 5.74) is 0.266. The molecule has 1 fully saturated rings. The van der Waals surface area contributed by atoms with Crippen LogP contribution in [0.4, 0.5) is 10.1 Å². The van der Waals surface area contributed by atoms with Crippen molar-refractivity contribution in [3.8, 4) is 5.75 Å². The maximum Gasteiger partial charge on any atom is 0.221 e. The molecule has 1 heterocycles. The van der Waals surface area contributed by atoms with Crippen molar-refractivity contribution in [3.63, 3.8) is 0 Å². The standard InChI is InChI=1S/C22H20ClFN4O3S/c1-13(29)25-14-6-9-16(18(24)10-14)19(30)12-32-22-27-26-21(28(22)15-7-8-15)11-31-20-5-3-2-4-17(20)23/h2-6,9-10,15H,7-8,11-12H2,1H3,(H,25,29). The van der Waals surface area contributed by atoms with Crippen LogP contribution in [0, 0.1) is 5.82 Å². The average Bonchev–Trinajstić information content (AvgIpc) is 3.51. The first-order valence-electron chi connectivity index (χ1n) is 9.96. The summed E-state index contributed by atoms with van der Waals surface area (Å²) >= 11 is 7.35. The second-order valence-corrected chi connectivity index (χ2v) is 8.66. The Balaban J connectivity index is 1.43. The van der Waals surface area contributed by atoms with Crippen LogP contribution in [-0.2, 0) is 11.4 Å². The quantitative estimate of drug-likeness (QED) is 0.350. The number of carbonyl (C=O) groups is 2. The summed E-state index contributed by atoms with van der Waals surface area (Å²) < 4.78 is 22.1. The Hall–Kier alpha value is -2.91. The molecular weight excluding hydrogens is 455 g/mol. The molecule has 2 aromatic carbocycles. The topological polar surface area (TPSA) is 86.1 Å². The SMILES string of the molecule is CC(=O)Nc1ccc(C(=O)CSc2nnc(COc3ccccc3Cl)n2C2CC2)c(F)c1. The summed E-state index contributed by atoms with van der Waals surface area (Å²) in [7, 11) is 0. The van der Waals surface area contributed by atoms with E-state index in [9.17, 15) is 14.0 Å². The van der Waals surface area contributed by atoms with E-state index in [1.165, 1.54) is 30.8 Å². The van der Waals surface area contributed by atoms with Crippen molar-refractivity contribution in [2.45, 2.75) is 37.6 Å². The minimum atomic E-state index is -0.681. The molecule has 32 heavy (non-hydrogen) atoms. The van der Waals surface area contributed by atoms with Crippen LogP contribution in [0.1, 0.15) is 42.0 Å². The number of hydrogen-bond donors (Lipinski definition) is 1. The van der Waals surface area contributed by atoms with Crippen LogP contribution in [0.5, 0.6) is 5.75 Å². The molecule has 166 valence electrons. The maximum atomic E-state index is 14.4. The van der Waals surface area contributed by atoms with Crippen LogP contribution in [0.15, 0.2) is 47.6 Å². The number of nitrogens with one attached hydrogen (secondary N) is 1. The van der Waals surface area contributed by atoms with E-state index >= 15 is 0 Å². The number of para-hydroxylation sites is 1. The van der Waals surface area contributed by atoms with E-state index < -0.39 is 5.82 Å². The molecule has 0 spiro atoms. The zero-order valence-electron chi connectivity index (χ0n) is 17.2. The Bertz CT molecular complexity index is 1170. The summed E-state index contributed by atoms with van der Waals surface area (Å²) in [5.74, 6) is -0.157. The van der Waals surface area contributed by atoms with Gasteiger partial charge in [0.15, 0.2) is 16.8 Å². The summed E-state index contributed by atoms with van der Waals surface area (Å²) in [6, 6.07) is 11.5. The lowest BCUT2D eigenvalue weighted by Crippen LogP contribution is -2.10. The van der Waals surface area contributed by atoms with Gasteiger partial charge in [-0.15, -0.1) is 10.2 Å². The molecule has 1 aliphatic carbocycles. The second kappa shape index (κ2) is 9.70. The number of ether oxygens (including phenoxy) is 1. The molecular formula is C22H20ClFN4O3S. The zero-order valence-corrected chi connectivity index (χ0v) is 18.8. The van der Waals surface area contributed by atoms with E-state index in [1.807, 2.05) is 16.7 Å². The van der Waals surface area contributed by atoms with Gasteiger partial charge in [-0.05, 0) is 43.2 Å². The molecule has 4 rings (SSSR count). The van der Waals surface area contributed by atoms with Crippen molar-refractivity contribution in [2.24, 2.45) is 0 Å². The second-order valence-electron chi connectivity index (χ2n) is 7.31. The predicted octanol–water partition coefficient (Wildman–Crippen LogP) is 4.92. The van der Waals surface area contributed by atoms with Gasteiger partial charge in [0.25, 0.3) is 0 Å². The molecule has 0 saturated heterocycles. The molecule has 1 saturated carbocycles. The van der Waals surface area contributed by atoms with Crippen molar-refractivity contribution in [2.75, 3.05) is 11.1 Å². The normalized spacial score (nSPS) is 13.1. The van der Waals surface area contributed by atoms with Gasteiger partial charge in [0.05, 0.1) is 16.3 Å². The average molecular weight is 475 g/mol. The summed E-state index contributed by atoms with van der Waals surface area (Å²) in [5, 5.41) is 12.0. The highest BCUT2D eigenvalue weighted by Crippen LogP contribution is 2.39. The monoisotopic (exact) mass is 474 g/mol. The number of rotatable bonds is 9. The largest absolute Gasteiger partial charge is 0.484 e. The first-order valence-corrected chi connectivity index (χ1v) is 11.3. The van der Waals surface area contributed by atoms with E-state index in [2.05, 4.69) is 15.5 Å². The van der Waals surface area contributed by atoms with Crippen LogP contribution in [-0.4, -0.2) is 32.2 Å². The third kappa shape index (κ3) is 5.28. The van der Waals surface area contributed by atoms with Crippen molar-refractivity contribution in [1.82, 2.24) is 14.8 Å². The number of halogens is 2. The highest BCUT2D eigenvalue weighted by Gasteiger charge is 2.30. The highest BCUT2D eigenvalue weighted by molar-refractivity contribution is 7.99. The zero-order chi connectivity index (χ0) is 22.7. The summed E-state index contributed by atoms with van der Waals surface area (Å²) in [6.45, 7) is 1.53. The highest BCUT2D eigenvalue weighted by atomic mass is 35.5. The number of aromatic nitrogens is 3. The first-order chi connectivity index (χ1) is 15.4. The van der Waals surface area contributed by atoms with Crippen LogP contribution >= 0.6 is 23.4 Å². The molecule has 3 aromatic rings. The molecule has 0 atom stereocenters. The lowest BCUT2D eigenvalue weighted by molar-refractivity contribution is -0.114. The smallest absolute Gasteiger partial charge is 0.221 e. The molecule has 1 amide bonds. The first kappa shape index (κ1) is 22.3. The third-order valence-corrected chi connectivity index (χ3v) is 6.02. The third-order valence-electron chi connectivity index (χ3n) is 4.76. The number of thioether (sulfide) groups is 1. The molecule has 10 heteroatoms. The lowest BCUT2D eigenvalue weighted by Gasteiger charge is -2.11.